The van der Waals surface area contributed by atoms with Crippen LogP contribution in [0.3, 0.4) is 0 Å². The van der Waals surface area contributed by atoms with Crippen LogP contribution in [0.25, 0.3) is 0 Å². The molecule has 0 aliphatic carbocycles. The number of nitrogens with one attached hydrogen (secondary N) is 2. The van der Waals surface area contributed by atoms with Gasteiger partial charge in [0.05, 0.1) is 12.8 Å². The summed E-state index contributed by atoms with van der Waals surface area (Å²) in [5.41, 5.74) is 4.35. The van der Waals surface area contributed by atoms with Crippen LogP contribution in [0.15, 0.2) is 41.5 Å². The van der Waals surface area contributed by atoms with Crippen molar-refractivity contribution in [3.63, 3.8) is 0 Å². The quantitative estimate of drug-likeness (QED) is 0.500. The van der Waals surface area contributed by atoms with Gasteiger partial charge in [0, 0.05) is 22.3 Å². The number of benzene rings is 2. The van der Waals surface area contributed by atoms with Crippen LogP contribution in [0.2, 0.25) is 5.02 Å². The van der Waals surface area contributed by atoms with Crippen LogP contribution in [0, 0.1) is 6.92 Å². The van der Waals surface area contributed by atoms with Gasteiger partial charge < -0.3 is 15.5 Å². The molecule has 120 valence electrons. The molecule has 0 aromatic heterocycles. The number of phenols is 2. The average Bonchev–Trinajstić information content (AvgIpc) is 2.51. The molecular weight excluding hydrogens is 318 g/mol. The van der Waals surface area contributed by atoms with Crippen molar-refractivity contribution in [3.05, 3.63) is 52.5 Å². The highest BCUT2D eigenvalue weighted by Gasteiger charge is 2.04. The van der Waals surface area contributed by atoms with Crippen molar-refractivity contribution in [1.82, 2.24) is 5.43 Å². The van der Waals surface area contributed by atoms with Crippen LogP contribution in [0.1, 0.15) is 11.1 Å². The fourth-order valence-corrected chi connectivity index (χ4v) is 2.00. The Bertz CT molecular complexity index is 747. The molecule has 0 radical (unpaired) electrons. The minimum absolute atomic E-state index is 0.0279. The normalized spacial score (nSPS) is 10.7. The molecule has 0 fully saturated rings. The molecule has 0 bridgehead atoms. The Morgan fingerprint density at radius 3 is 2.83 bits per heavy atom. The maximum atomic E-state index is 11.7. The highest BCUT2D eigenvalue weighted by atomic mass is 35.5. The monoisotopic (exact) mass is 333 g/mol. The van der Waals surface area contributed by atoms with Gasteiger partial charge >= 0.3 is 0 Å². The van der Waals surface area contributed by atoms with E-state index in [4.69, 9.17) is 11.6 Å². The highest BCUT2D eigenvalue weighted by Crippen LogP contribution is 2.22. The van der Waals surface area contributed by atoms with E-state index in [9.17, 15) is 15.0 Å². The zero-order valence-corrected chi connectivity index (χ0v) is 13.1. The number of rotatable bonds is 5. The van der Waals surface area contributed by atoms with Crippen molar-refractivity contribution in [2.45, 2.75) is 6.92 Å². The lowest BCUT2D eigenvalue weighted by Gasteiger charge is -2.09. The Morgan fingerprint density at radius 2 is 2.09 bits per heavy atom. The fourth-order valence-electron chi connectivity index (χ4n) is 1.83. The fraction of sp³-hybridized carbons (Fsp3) is 0.125. The minimum atomic E-state index is -0.348. The molecule has 0 aliphatic heterocycles. The molecule has 2 aromatic rings. The summed E-state index contributed by atoms with van der Waals surface area (Å²) in [6.07, 6.45) is 1.29. The molecule has 7 heteroatoms. The van der Waals surface area contributed by atoms with Gasteiger partial charge in [-0.15, -0.1) is 0 Å². The lowest BCUT2D eigenvalue weighted by atomic mass is 10.2. The molecule has 4 N–H and O–H groups in total. The number of phenolic OH excluding ortho intramolecular Hbond substituents is 2. The van der Waals surface area contributed by atoms with Gasteiger partial charge in [0.2, 0.25) is 0 Å². The van der Waals surface area contributed by atoms with Crippen LogP contribution in [-0.4, -0.2) is 28.9 Å². The zero-order valence-electron chi connectivity index (χ0n) is 12.4. The van der Waals surface area contributed by atoms with Crippen LogP contribution in [-0.2, 0) is 4.79 Å². The van der Waals surface area contributed by atoms with Gasteiger partial charge in [0.25, 0.3) is 5.91 Å². The van der Waals surface area contributed by atoms with E-state index < -0.39 is 0 Å². The zero-order chi connectivity index (χ0) is 16.8. The summed E-state index contributed by atoms with van der Waals surface area (Å²) >= 11 is 6.00. The van der Waals surface area contributed by atoms with Gasteiger partial charge in [0.15, 0.2) is 0 Å². The largest absolute Gasteiger partial charge is 0.508 e. The van der Waals surface area contributed by atoms with E-state index in [0.717, 1.165) is 11.3 Å². The average molecular weight is 334 g/mol. The standard InChI is InChI=1S/C16H16ClN3O3/c1-10-13(17)3-2-4-14(10)18-9-16(23)20-19-8-11-5-6-12(21)7-15(11)22/h2-8,18,21-22H,9H2,1H3,(H,20,23). The van der Waals surface area contributed by atoms with Crippen LogP contribution in [0.4, 0.5) is 5.69 Å². The number of carbonyl (C=O) groups is 1. The topological polar surface area (TPSA) is 94.0 Å². The summed E-state index contributed by atoms with van der Waals surface area (Å²) in [4.78, 5) is 11.7. The molecule has 2 aromatic carbocycles. The maximum Gasteiger partial charge on any atom is 0.259 e. The number of aromatic hydroxyl groups is 2. The van der Waals surface area contributed by atoms with Gasteiger partial charge in [-0.2, -0.15) is 5.10 Å². The van der Waals surface area contributed by atoms with Crippen molar-refractivity contribution in [2.75, 3.05) is 11.9 Å². The first-order chi connectivity index (χ1) is 11.0. The number of hydrazone groups is 1. The van der Waals surface area contributed by atoms with E-state index in [2.05, 4.69) is 15.8 Å². The summed E-state index contributed by atoms with van der Waals surface area (Å²) < 4.78 is 0. The summed E-state index contributed by atoms with van der Waals surface area (Å²) in [7, 11) is 0. The third-order valence-corrected chi connectivity index (χ3v) is 3.52. The first-order valence-corrected chi connectivity index (χ1v) is 7.18. The van der Waals surface area contributed by atoms with E-state index in [0.29, 0.717) is 10.6 Å². The Kier molecular flexibility index (Phi) is 5.43. The van der Waals surface area contributed by atoms with E-state index in [1.54, 1.807) is 12.1 Å². The summed E-state index contributed by atoms with van der Waals surface area (Å²) in [6.45, 7) is 1.88. The lowest BCUT2D eigenvalue weighted by Crippen LogP contribution is -2.26. The number of amides is 1. The molecule has 23 heavy (non-hydrogen) atoms. The number of hydrogen-bond acceptors (Lipinski definition) is 5. The van der Waals surface area contributed by atoms with Crippen molar-refractivity contribution in [1.29, 1.82) is 0 Å². The molecular formula is C16H16ClN3O3. The van der Waals surface area contributed by atoms with E-state index >= 15 is 0 Å². The molecule has 6 nitrogen and oxygen atoms in total. The molecule has 0 spiro atoms. The summed E-state index contributed by atoms with van der Waals surface area (Å²) in [6, 6.07) is 9.47. The van der Waals surface area contributed by atoms with E-state index in [-0.39, 0.29) is 24.0 Å². The third-order valence-electron chi connectivity index (χ3n) is 3.11. The molecule has 2 rings (SSSR count). The molecule has 1 amide bonds. The number of anilines is 1. The second-order valence-electron chi connectivity index (χ2n) is 4.80. The van der Waals surface area contributed by atoms with Gasteiger partial charge in [0.1, 0.15) is 11.5 Å². The minimum Gasteiger partial charge on any atom is -0.508 e. The first kappa shape index (κ1) is 16.6. The van der Waals surface area contributed by atoms with Gasteiger partial charge in [-0.3, -0.25) is 4.79 Å². The second-order valence-corrected chi connectivity index (χ2v) is 5.21. The Labute approximate surface area is 138 Å². The second kappa shape index (κ2) is 7.51. The van der Waals surface area contributed by atoms with Crippen LogP contribution in [0.5, 0.6) is 11.5 Å². The molecule has 0 heterocycles. The van der Waals surface area contributed by atoms with Crippen molar-refractivity contribution in [2.24, 2.45) is 5.10 Å². The molecule has 0 unspecified atom stereocenters. The predicted molar refractivity (Wildman–Crippen MR) is 90.2 cm³/mol. The van der Waals surface area contributed by atoms with Gasteiger partial charge in [-0.1, -0.05) is 17.7 Å². The predicted octanol–water partition coefficient (Wildman–Crippen LogP) is 2.62. The van der Waals surface area contributed by atoms with Crippen molar-refractivity contribution < 1.29 is 15.0 Å². The van der Waals surface area contributed by atoms with Crippen molar-refractivity contribution >= 4 is 29.4 Å². The molecule has 0 atom stereocenters. The Hall–Kier alpha value is -2.73. The maximum absolute atomic E-state index is 11.7. The Balaban J connectivity index is 1.87. The number of halogens is 1. The van der Waals surface area contributed by atoms with Gasteiger partial charge in [-0.25, -0.2) is 5.43 Å². The van der Waals surface area contributed by atoms with E-state index in [1.165, 1.54) is 24.4 Å². The van der Waals surface area contributed by atoms with Gasteiger partial charge in [-0.05, 0) is 36.8 Å². The smallest absolute Gasteiger partial charge is 0.259 e. The molecule has 0 aliphatic rings. The lowest BCUT2D eigenvalue weighted by molar-refractivity contribution is -0.119. The number of carbonyl (C=O) groups excluding carboxylic acids is 1. The van der Waals surface area contributed by atoms with Crippen LogP contribution < -0.4 is 10.7 Å². The summed E-state index contributed by atoms with van der Waals surface area (Å²) in [5.74, 6) is -0.528. The molecule has 0 saturated heterocycles. The highest BCUT2D eigenvalue weighted by molar-refractivity contribution is 6.31. The number of nitrogens with zero attached hydrogens (tertiary/aromatic N) is 1. The molecule has 0 saturated carbocycles. The summed E-state index contributed by atoms with van der Waals surface area (Å²) in [5, 5.41) is 26.1. The van der Waals surface area contributed by atoms with Crippen LogP contribution >= 0.6 is 11.6 Å². The first-order valence-electron chi connectivity index (χ1n) is 6.80. The van der Waals surface area contributed by atoms with Crippen molar-refractivity contribution in [3.8, 4) is 11.5 Å². The SMILES string of the molecule is Cc1c(Cl)cccc1NCC(=O)NN=Cc1ccc(O)cc1O. The number of hydrogen-bond donors (Lipinski definition) is 4. The van der Waals surface area contributed by atoms with E-state index in [1.807, 2.05) is 13.0 Å². The Morgan fingerprint density at radius 1 is 1.30 bits per heavy atom. The third kappa shape index (κ3) is 4.62.